The molecule has 3 rings (SSSR count). The monoisotopic (exact) mass is 295 g/mol. The van der Waals surface area contributed by atoms with E-state index in [2.05, 4.69) is 34.8 Å². The van der Waals surface area contributed by atoms with Gasteiger partial charge in [-0.25, -0.2) is 4.85 Å². The molecule has 22 heavy (non-hydrogen) atoms. The van der Waals surface area contributed by atoms with Crippen LogP contribution in [0.15, 0.2) is 24.4 Å². The van der Waals surface area contributed by atoms with Gasteiger partial charge >= 0.3 is 0 Å². The lowest BCUT2D eigenvalue weighted by Crippen LogP contribution is -2.27. The highest BCUT2D eigenvalue weighted by molar-refractivity contribution is 5.87. The van der Waals surface area contributed by atoms with E-state index in [1.165, 1.54) is 49.8 Å². The van der Waals surface area contributed by atoms with Crippen molar-refractivity contribution in [1.82, 2.24) is 9.88 Å². The molecule has 2 unspecified atom stereocenters. The number of H-pyrrole nitrogens is 1. The van der Waals surface area contributed by atoms with Crippen LogP contribution in [-0.4, -0.2) is 29.5 Å². The molecular formula is C19H25N3. The minimum Gasteiger partial charge on any atom is -0.361 e. The van der Waals surface area contributed by atoms with Crippen LogP contribution >= 0.6 is 0 Å². The largest absolute Gasteiger partial charge is 0.361 e. The highest BCUT2D eigenvalue weighted by Crippen LogP contribution is 2.50. The number of nitrogens with one attached hydrogen (secondary N) is 1. The van der Waals surface area contributed by atoms with Crippen molar-refractivity contribution in [3.05, 3.63) is 41.4 Å². The topological polar surface area (TPSA) is 23.4 Å². The number of hydrogen-bond donors (Lipinski definition) is 1. The van der Waals surface area contributed by atoms with Crippen LogP contribution in [0.5, 0.6) is 0 Å². The molecule has 1 aromatic heterocycles. The van der Waals surface area contributed by atoms with Crippen molar-refractivity contribution in [1.29, 1.82) is 0 Å². The third-order valence-corrected chi connectivity index (χ3v) is 4.72. The first-order valence-corrected chi connectivity index (χ1v) is 8.47. The van der Waals surface area contributed by atoms with Crippen molar-refractivity contribution in [3.63, 3.8) is 0 Å². The van der Waals surface area contributed by atoms with E-state index in [1.807, 2.05) is 18.2 Å². The fraction of sp³-hybridized carbons (Fsp3) is 0.526. The third kappa shape index (κ3) is 3.03. The van der Waals surface area contributed by atoms with Gasteiger partial charge in [-0.1, -0.05) is 19.9 Å². The SMILES string of the molecule is [C-]#[N+]c1ccc2[nH]cc(C3CC3CN(CCC)CCC)c2c1. The molecule has 3 nitrogen and oxygen atoms in total. The lowest BCUT2D eigenvalue weighted by Gasteiger charge is -2.20. The van der Waals surface area contributed by atoms with Crippen molar-refractivity contribution in [2.24, 2.45) is 5.92 Å². The molecule has 116 valence electrons. The minimum absolute atomic E-state index is 0.672. The van der Waals surface area contributed by atoms with Gasteiger partial charge in [0.1, 0.15) is 0 Å². The van der Waals surface area contributed by atoms with Crippen molar-refractivity contribution < 1.29 is 0 Å². The van der Waals surface area contributed by atoms with Gasteiger partial charge in [-0.2, -0.15) is 0 Å². The summed E-state index contributed by atoms with van der Waals surface area (Å²) in [7, 11) is 0. The first kappa shape index (κ1) is 15.1. The zero-order valence-corrected chi connectivity index (χ0v) is 13.6. The van der Waals surface area contributed by atoms with E-state index in [-0.39, 0.29) is 0 Å². The first-order valence-electron chi connectivity index (χ1n) is 8.47. The zero-order valence-electron chi connectivity index (χ0n) is 13.6. The van der Waals surface area contributed by atoms with Crippen molar-refractivity contribution >= 4 is 16.6 Å². The van der Waals surface area contributed by atoms with E-state index in [9.17, 15) is 0 Å². The maximum atomic E-state index is 7.20. The summed E-state index contributed by atoms with van der Waals surface area (Å²) in [6, 6.07) is 5.97. The number of aromatic nitrogens is 1. The predicted octanol–water partition coefficient (Wildman–Crippen LogP) is 4.94. The Labute approximate surface area is 133 Å². The molecular weight excluding hydrogens is 270 g/mol. The van der Waals surface area contributed by atoms with Gasteiger partial charge in [0.15, 0.2) is 5.69 Å². The van der Waals surface area contributed by atoms with E-state index in [0.717, 1.165) is 17.1 Å². The Morgan fingerprint density at radius 1 is 1.27 bits per heavy atom. The molecule has 1 N–H and O–H groups in total. The van der Waals surface area contributed by atoms with Gasteiger partial charge in [0.25, 0.3) is 0 Å². The van der Waals surface area contributed by atoms with E-state index in [0.29, 0.717) is 5.92 Å². The molecule has 1 saturated carbocycles. The van der Waals surface area contributed by atoms with E-state index in [1.54, 1.807) is 0 Å². The van der Waals surface area contributed by atoms with Crippen molar-refractivity contribution in [3.8, 4) is 0 Å². The van der Waals surface area contributed by atoms with Gasteiger partial charge in [0.05, 0.1) is 6.57 Å². The summed E-state index contributed by atoms with van der Waals surface area (Å²) in [5, 5.41) is 1.25. The standard InChI is InChI=1S/C19H25N3/c1-4-8-22(9-5-2)13-14-10-16(14)18-12-21-19-7-6-15(20-3)11-17(18)19/h6-7,11-12,14,16,21H,4-5,8-10,13H2,1-2H3. The summed E-state index contributed by atoms with van der Waals surface area (Å²) in [5.74, 6) is 1.46. The van der Waals surface area contributed by atoms with Gasteiger partial charge in [0, 0.05) is 18.3 Å². The molecule has 1 fully saturated rings. The summed E-state index contributed by atoms with van der Waals surface area (Å²) < 4.78 is 0. The fourth-order valence-corrected chi connectivity index (χ4v) is 3.60. The Bertz CT molecular complexity index is 674. The Morgan fingerprint density at radius 3 is 2.73 bits per heavy atom. The van der Waals surface area contributed by atoms with Gasteiger partial charge < -0.3 is 9.88 Å². The molecule has 3 heteroatoms. The van der Waals surface area contributed by atoms with Crippen LogP contribution in [0.2, 0.25) is 0 Å². The summed E-state index contributed by atoms with van der Waals surface area (Å²) in [4.78, 5) is 9.55. The predicted molar refractivity (Wildman–Crippen MR) is 92.4 cm³/mol. The van der Waals surface area contributed by atoms with Gasteiger partial charge in [-0.05, 0) is 67.3 Å². The average Bonchev–Trinajstić information content (AvgIpc) is 3.15. The highest BCUT2D eigenvalue weighted by atomic mass is 15.1. The van der Waals surface area contributed by atoms with Crippen LogP contribution in [0.4, 0.5) is 5.69 Å². The molecule has 0 amide bonds. The molecule has 0 aliphatic heterocycles. The quantitative estimate of drug-likeness (QED) is 0.718. The lowest BCUT2D eigenvalue weighted by atomic mass is 10.1. The number of nitrogens with zero attached hydrogens (tertiary/aromatic N) is 2. The number of hydrogen-bond acceptors (Lipinski definition) is 1. The number of fused-ring (bicyclic) bond motifs is 1. The molecule has 0 radical (unpaired) electrons. The van der Waals surface area contributed by atoms with E-state index >= 15 is 0 Å². The Kier molecular flexibility index (Phi) is 4.49. The normalized spacial score (nSPS) is 20.5. The summed E-state index contributed by atoms with van der Waals surface area (Å²) >= 11 is 0. The zero-order chi connectivity index (χ0) is 15.5. The van der Waals surface area contributed by atoms with Gasteiger partial charge in [-0.3, -0.25) is 0 Å². The third-order valence-electron chi connectivity index (χ3n) is 4.72. The Balaban J connectivity index is 1.73. The number of aromatic amines is 1. The average molecular weight is 295 g/mol. The maximum Gasteiger partial charge on any atom is 0.187 e. The molecule has 0 bridgehead atoms. The lowest BCUT2D eigenvalue weighted by molar-refractivity contribution is 0.262. The van der Waals surface area contributed by atoms with Crippen LogP contribution in [0, 0.1) is 12.5 Å². The van der Waals surface area contributed by atoms with Crippen molar-refractivity contribution in [2.75, 3.05) is 19.6 Å². The Morgan fingerprint density at radius 2 is 2.05 bits per heavy atom. The molecule has 1 aromatic carbocycles. The second-order valence-electron chi connectivity index (χ2n) is 6.49. The highest BCUT2D eigenvalue weighted by Gasteiger charge is 2.40. The maximum absolute atomic E-state index is 7.20. The number of benzene rings is 1. The second kappa shape index (κ2) is 6.54. The molecule has 1 aliphatic rings. The molecule has 0 saturated heterocycles. The molecule has 0 spiro atoms. The minimum atomic E-state index is 0.672. The van der Waals surface area contributed by atoms with Crippen molar-refractivity contribution in [2.45, 2.75) is 39.0 Å². The molecule has 2 aromatic rings. The van der Waals surface area contributed by atoms with Gasteiger partial charge in [-0.15, -0.1) is 0 Å². The first-order chi connectivity index (χ1) is 10.8. The smallest absolute Gasteiger partial charge is 0.187 e. The molecule has 1 heterocycles. The number of rotatable bonds is 7. The van der Waals surface area contributed by atoms with Crippen LogP contribution < -0.4 is 0 Å². The summed E-state index contributed by atoms with van der Waals surface area (Å²) in [6.45, 7) is 15.4. The fourth-order valence-electron chi connectivity index (χ4n) is 3.60. The Hall–Kier alpha value is -1.79. The summed E-state index contributed by atoms with van der Waals surface area (Å²) in [5.41, 5.74) is 3.31. The molecule has 1 aliphatic carbocycles. The van der Waals surface area contributed by atoms with Gasteiger partial charge in [0.2, 0.25) is 0 Å². The van der Waals surface area contributed by atoms with E-state index < -0.39 is 0 Å². The van der Waals surface area contributed by atoms with Crippen LogP contribution in [0.3, 0.4) is 0 Å². The van der Waals surface area contributed by atoms with Crippen LogP contribution in [-0.2, 0) is 0 Å². The van der Waals surface area contributed by atoms with Crippen LogP contribution in [0.25, 0.3) is 15.7 Å². The second-order valence-corrected chi connectivity index (χ2v) is 6.49. The van der Waals surface area contributed by atoms with E-state index in [4.69, 9.17) is 6.57 Å². The van der Waals surface area contributed by atoms with Crippen LogP contribution in [0.1, 0.15) is 44.6 Å². The summed E-state index contributed by atoms with van der Waals surface area (Å²) in [6.07, 6.45) is 5.92. The molecule has 2 atom stereocenters.